The lowest BCUT2D eigenvalue weighted by molar-refractivity contribution is -0.154. The molecule has 2 saturated heterocycles. The SMILES string of the molecule is CCOC(=O)C1C2COc3ccc(C)cc3C2N2C(=O)N(c3ccc(F)cc3)C(=O)C12C. The number of hydrogen-bond acceptors (Lipinski definition) is 5. The first-order chi connectivity index (χ1) is 15.3. The number of carbonyl (C=O) groups is 3. The largest absolute Gasteiger partial charge is 0.493 e. The van der Waals surface area contributed by atoms with Crippen molar-refractivity contribution in [3.05, 3.63) is 59.4 Å². The third kappa shape index (κ3) is 2.61. The Balaban J connectivity index is 1.69. The molecule has 0 aliphatic carbocycles. The standard InChI is InChI=1S/C24H23FN2O5/c1-4-31-21(28)19-17-12-32-18-10-5-13(2)11-16(18)20(17)27-23(30)26(22(29)24(19,27)3)15-8-6-14(25)7-9-15/h5-11,17,19-20H,4,12H2,1-3H3. The summed E-state index contributed by atoms with van der Waals surface area (Å²) in [4.78, 5) is 43.1. The van der Waals surface area contributed by atoms with E-state index in [2.05, 4.69) is 0 Å². The van der Waals surface area contributed by atoms with E-state index in [1.54, 1.807) is 13.8 Å². The van der Waals surface area contributed by atoms with Crippen molar-refractivity contribution in [3.8, 4) is 5.75 Å². The highest BCUT2D eigenvalue weighted by atomic mass is 19.1. The molecular weight excluding hydrogens is 415 g/mol. The lowest BCUT2D eigenvalue weighted by Gasteiger charge is -2.34. The molecule has 0 spiro atoms. The van der Waals surface area contributed by atoms with Gasteiger partial charge >= 0.3 is 12.0 Å². The Labute approximate surface area is 184 Å². The number of rotatable bonds is 3. The monoisotopic (exact) mass is 438 g/mol. The number of amides is 3. The maximum Gasteiger partial charge on any atom is 0.332 e. The summed E-state index contributed by atoms with van der Waals surface area (Å²) in [6.45, 7) is 5.60. The molecule has 3 aliphatic heterocycles. The van der Waals surface area contributed by atoms with Crippen LogP contribution in [0.25, 0.3) is 0 Å². The predicted octanol–water partition coefficient (Wildman–Crippen LogP) is 3.60. The second kappa shape index (κ2) is 7.05. The van der Waals surface area contributed by atoms with E-state index >= 15 is 0 Å². The van der Waals surface area contributed by atoms with Gasteiger partial charge in [-0.05, 0) is 51.1 Å². The molecule has 8 heteroatoms. The van der Waals surface area contributed by atoms with Crippen LogP contribution in [0.1, 0.15) is 31.0 Å². The van der Waals surface area contributed by atoms with E-state index in [0.29, 0.717) is 5.75 Å². The highest BCUT2D eigenvalue weighted by molar-refractivity contribution is 6.24. The highest BCUT2D eigenvalue weighted by Crippen LogP contribution is 2.58. The molecule has 3 amide bonds. The van der Waals surface area contributed by atoms with Crippen LogP contribution in [0.3, 0.4) is 0 Å². The number of aryl methyl sites for hydroxylation is 1. The Kier molecular flexibility index (Phi) is 4.51. The van der Waals surface area contributed by atoms with Crippen LogP contribution in [0, 0.1) is 24.6 Å². The maximum absolute atomic E-state index is 13.8. The lowest BCUT2D eigenvalue weighted by atomic mass is 9.77. The zero-order chi connectivity index (χ0) is 22.8. The number of hydrogen-bond donors (Lipinski definition) is 0. The molecule has 7 nitrogen and oxygen atoms in total. The Morgan fingerprint density at radius 2 is 1.94 bits per heavy atom. The molecule has 5 rings (SSSR count). The molecule has 0 bridgehead atoms. The Morgan fingerprint density at radius 3 is 2.62 bits per heavy atom. The predicted molar refractivity (Wildman–Crippen MR) is 113 cm³/mol. The number of halogens is 1. The van der Waals surface area contributed by atoms with Crippen LogP contribution in [-0.2, 0) is 14.3 Å². The van der Waals surface area contributed by atoms with Gasteiger partial charge in [0, 0.05) is 11.5 Å². The van der Waals surface area contributed by atoms with Crippen LogP contribution in [0.15, 0.2) is 42.5 Å². The van der Waals surface area contributed by atoms with E-state index in [0.717, 1.165) is 16.0 Å². The van der Waals surface area contributed by atoms with Crippen molar-refractivity contribution in [1.29, 1.82) is 0 Å². The molecule has 2 aromatic rings. The molecule has 0 aromatic heterocycles. The van der Waals surface area contributed by atoms with E-state index in [4.69, 9.17) is 9.47 Å². The average Bonchev–Trinajstić information content (AvgIpc) is 3.14. The Morgan fingerprint density at radius 1 is 1.22 bits per heavy atom. The summed E-state index contributed by atoms with van der Waals surface area (Å²) in [5.74, 6) is -2.24. The fourth-order valence-electron chi connectivity index (χ4n) is 5.43. The second-order valence-corrected chi connectivity index (χ2v) is 8.61. The third-order valence-corrected chi connectivity index (χ3v) is 6.79. The zero-order valence-electron chi connectivity index (χ0n) is 18.0. The van der Waals surface area contributed by atoms with Gasteiger partial charge in [-0.15, -0.1) is 0 Å². The van der Waals surface area contributed by atoms with Gasteiger partial charge in [-0.2, -0.15) is 0 Å². The van der Waals surface area contributed by atoms with Crippen molar-refractivity contribution in [2.75, 3.05) is 18.1 Å². The summed E-state index contributed by atoms with van der Waals surface area (Å²) < 4.78 is 24.8. The second-order valence-electron chi connectivity index (χ2n) is 8.61. The average molecular weight is 438 g/mol. The van der Waals surface area contributed by atoms with E-state index in [1.807, 2.05) is 25.1 Å². The van der Waals surface area contributed by atoms with Crippen LogP contribution in [-0.4, -0.2) is 41.6 Å². The van der Waals surface area contributed by atoms with Crippen molar-refractivity contribution >= 4 is 23.6 Å². The summed E-state index contributed by atoms with van der Waals surface area (Å²) in [6.07, 6.45) is 0. The number of esters is 1. The number of imide groups is 1. The number of fused-ring (bicyclic) bond motifs is 5. The number of anilines is 1. The van der Waals surface area contributed by atoms with Crippen LogP contribution < -0.4 is 9.64 Å². The molecule has 3 heterocycles. The molecule has 32 heavy (non-hydrogen) atoms. The van der Waals surface area contributed by atoms with E-state index < -0.39 is 47.1 Å². The van der Waals surface area contributed by atoms with Crippen molar-refractivity contribution in [3.63, 3.8) is 0 Å². The number of nitrogens with zero attached hydrogens (tertiary/aromatic N) is 2. The minimum atomic E-state index is -1.46. The topological polar surface area (TPSA) is 76.2 Å². The first-order valence-electron chi connectivity index (χ1n) is 10.6. The van der Waals surface area contributed by atoms with Gasteiger partial charge in [0.15, 0.2) is 0 Å². The molecule has 2 aromatic carbocycles. The molecule has 0 N–H and O–H groups in total. The van der Waals surface area contributed by atoms with Crippen LogP contribution in [0.5, 0.6) is 5.75 Å². The highest BCUT2D eigenvalue weighted by Gasteiger charge is 2.72. The summed E-state index contributed by atoms with van der Waals surface area (Å²) in [5, 5.41) is 0. The molecule has 0 saturated carbocycles. The Hall–Kier alpha value is -3.42. The summed E-state index contributed by atoms with van der Waals surface area (Å²) in [7, 11) is 0. The summed E-state index contributed by atoms with van der Waals surface area (Å²) in [5.41, 5.74) is 0.540. The first kappa shape index (κ1) is 20.5. The molecule has 0 radical (unpaired) electrons. The lowest BCUT2D eigenvalue weighted by Crippen LogP contribution is -2.51. The molecule has 4 atom stereocenters. The van der Waals surface area contributed by atoms with Gasteiger partial charge in [0.1, 0.15) is 17.1 Å². The Bertz CT molecular complexity index is 1130. The van der Waals surface area contributed by atoms with E-state index in [-0.39, 0.29) is 18.9 Å². The minimum Gasteiger partial charge on any atom is -0.493 e. The number of ether oxygens (including phenoxy) is 2. The van der Waals surface area contributed by atoms with Crippen LogP contribution in [0.4, 0.5) is 14.9 Å². The number of urea groups is 1. The number of benzene rings is 2. The van der Waals surface area contributed by atoms with Crippen molar-refractivity contribution in [1.82, 2.24) is 4.90 Å². The van der Waals surface area contributed by atoms with Gasteiger partial charge in [-0.3, -0.25) is 9.59 Å². The van der Waals surface area contributed by atoms with Gasteiger partial charge < -0.3 is 14.4 Å². The molecule has 166 valence electrons. The summed E-state index contributed by atoms with van der Waals surface area (Å²) >= 11 is 0. The molecular formula is C24H23FN2O5. The molecule has 3 aliphatic rings. The van der Waals surface area contributed by atoms with Crippen molar-refractivity contribution < 1.29 is 28.2 Å². The number of carbonyl (C=O) groups excluding carboxylic acids is 3. The molecule has 2 fully saturated rings. The maximum atomic E-state index is 13.8. The van der Waals surface area contributed by atoms with E-state index in [9.17, 15) is 18.8 Å². The van der Waals surface area contributed by atoms with E-state index in [1.165, 1.54) is 29.2 Å². The fraction of sp³-hybridized carbons (Fsp3) is 0.375. The summed E-state index contributed by atoms with van der Waals surface area (Å²) in [6, 6.07) is 9.78. The van der Waals surface area contributed by atoms with Gasteiger partial charge in [-0.25, -0.2) is 14.1 Å². The minimum absolute atomic E-state index is 0.156. The third-order valence-electron chi connectivity index (χ3n) is 6.79. The van der Waals surface area contributed by atoms with Crippen molar-refractivity contribution in [2.45, 2.75) is 32.4 Å². The van der Waals surface area contributed by atoms with Crippen LogP contribution >= 0.6 is 0 Å². The molecule has 4 unspecified atom stereocenters. The van der Waals surface area contributed by atoms with Crippen molar-refractivity contribution in [2.24, 2.45) is 11.8 Å². The normalized spacial score (nSPS) is 28.2. The smallest absolute Gasteiger partial charge is 0.332 e. The van der Waals surface area contributed by atoms with Gasteiger partial charge in [0.05, 0.1) is 30.9 Å². The first-order valence-corrected chi connectivity index (χ1v) is 10.6. The van der Waals surface area contributed by atoms with Gasteiger partial charge in [0.25, 0.3) is 5.91 Å². The van der Waals surface area contributed by atoms with Gasteiger partial charge in [0.2, 0.25) is 0 Å². The van der Waals surface area contributed by atoms with Gasteiger partial charge in [-0.1, -0.05) is 17.7 Å². The zero-order valence-corrected chi connectivity index (χ0v) is 18.0. The quantitative estimate of drug-likeness (QED) is 0.541. The fourth-order valence-corrected chi connectivity index (χ4v) is 5.43. The van der Waals surface area contributed by atoms with Crippen LogP contribution in [0.2, 0.25) is 0 Å².